The van der Waals surface area contributed by atoms with Crippen LogP contribution in [0.2, 0.25) is 5.02 Å². The van der Waals surface area contributed by atoms with Crippen LogP contribution >= 0.6 is 11.6 Å². The number of rotatable bonds is 6. The standard InChI is InChI=1S/C21H17ClO4/c1-15-13-16(22)7-12-20(15)24-14-21(23)26-19-10-8-18(9-11-19)25-17-5-3-2-4-6-17/h2-13H,14H2,1H3. The quantitative estimate of drug-likeness (QED) is 0.430. The summed E-state index contributed by atoms with van der Waals surface area (Å²) in [6.45, 7) is 1.67. The van der Waals surface area contributed by atoms with Gasteiger partial charge in [0.25, 0.3) is 0 Å². The highest BCUT2D eigenvalue weighted by Gasteiger charge is 2.08. The second-order valence-electron chi connectivity index (χ2n) is 5.56. The number of hydrogen-bond acceptors (Lipinski definition) is 4. The van der Waals surface area contributed by atoms with E-state index in [0.717, 1.165) is 11.3 Å². The van der Waals surface area contributed by atoms with Gasteiger partial charge in [-0.2, -0.15) is 0 Å². The first-order valence-electron chi connectivity index (χ1n) is 8.03. The van der Waals surface area contributed by atoms with Gasteiger partial charge in [0.2, 0.25) is 0 Å². The van der Waals surface area contributed by atoms with Gasteiger partial charge < -0.3 is 14.2 Å². The van der Waals surface area contributed by atoms with Gasteiger partial charge in [0.15, 0.2) is 6.61 Å². The maximum atomic E-state index is 11.9. The zero-order chi connectivity index (χ0) is 18.4. The average Bonchev–Trinajstić information content (AvgIpc) is 2.63. The molecule has 132 valence electrons. The lowest BCUT2D eigenvalue weighted by molar-refractivity contribution is -0.136. The molecule has 0 aromatic heterocycles. The lowest BCUT2D eigenvalue weighted by Gasteiger charge is -2.10. The minimum absolute atomic E-state index is 0.190. The lowest BCUT2D eigenvalue weighted by atomic mass is 10.2. The van der Waals surface area contributed by atoms with Gasteiger partial charge in [-0.1, -0.05) is 29.8 Å². The highest BCUT2D eigenvalue weighted by molar-refractivity contribution is 6.30. The summed E-state index contributed by atoms with van der Waals surface area (Å²) >= 11 is 5.89. The molecule has 5 heteroatoms. The summed E-state index contributed by atoms with van der Waals surface area (Å²) in [5.74, 6) is 1.92. The SMILES string of the molecule is Cc1cc(Cl)ccc1OCC(=O)Oc1ccc(Oc2ccccc2)cc1. The van der Waals surface area contributed by atoms with Gasteiger partial charge in [-0.25, -0.2) is 4.79 Å². The number of ether oxygens (including phenoxy) is 3. The third-order valence-electron chi connectivity index (χ3n) is 3.52. The van der Waals surface area contributed by atoms with Gasteiger partial charge in [0.05, 0.1) is 0 Å². The molecule has 0 aliphatic heterocycles. The Bertz CT molecular complexity index is 876. The number of para-hydroxylation sites is 1. The predicted octanol–water partition coefficient (Wildman–Crippen LogP) is 5.43. The summed E-state index contributed by atoms with van der Waals surface area (Å²) in [7, 11) is 0. The molecule has 0 radical (unpaired) electrons. The molecule has 0 saturated carbocycles. The summed E-state index contributed by atoms with van der Waals surface area (Å²) in [5, 5.41) is 0.621. The molecule has 3 aromatic carbocycles. The Morgan fingerprint density at radius 1 is 0.885 bits per heavy atom. The van der Waals surface area contributed by atoms with E-state index in [1.54, 1.807) is 42.5 Å². The van der Waals surface area contributed by atoms with Gasteiger partial charge >= 0.3 is 5.97 Å². The monoisotopic (exact) mass is 368 g/mol. The van der Waals surface area contributed by atoms with Crippen molar-refractivity contribution in [3.8, 4) is 23.0 Å². The van der Waals surface area contributed by atoms with Crippen LogP contribution in [0.15, 0.2) is 72.8 Å². The fourth-order valence-corrected chi connectivity index (χ4v) is 2.50. The smallest absolute Gasteiger partial charge is 0.349 e. The Kier molecular flexibility index (Phi) is 5.77. The second kappa shape index (κ2) is 8.41. The van der Waals surface area contributed by atoms with E-state index in [1.165, 1.54) is 0 Å². The number of carbonyl (C=O) groups is 1. The van der Waals surface area contributed by atoms with Crippen molar-refractivity contribution in [1.82, 2.24) is 0 Å². The Balaban J connectivity index is 1.52. The first-order chi connectivity index (χ1) is 12.6. The van der Waals surface area contributed by atoms with E-state index >= 15 is 0 Å². The summed E-state index contributed by atoms with van der Waals surface area (Å²) in [4.78, 5) is 11.9. The van der Waals surface area contributed by atoms with Gasteiger partial charge in [0.1, 0.15) is 23.0 Å². The van der Waals surface area contributed by atoms with Crippen molar-refractivity contribution in [3.63, 3.8) is 0 Å². The molecule has 0 aliphatic rings. The molecular formula is C21H17ClO4. The van der Waals surface area contributed by atoms with Crippen LogP contribution in [-0.2, 0) is 4.79 Å². The number of carbonyl (C=O) groups excluding carboxylic acids is 1. The van der Waals surface area contributed by atoms with Crippen LogP contribution in [0.3, 0.4) is 0 Å². The van der Waals surface area contributed by atoms with Crippen molar-refractivity contribution < 1.29 is 19.0 Å². The molecule has 0 atom stereocenters. The first-order valence-corrected chi connectivity index (χ1v) is 8.40. The highest BCUT2D eigenvalue weighted by atomic mass is 35.5. The molecule has 0 amide bonds. The van der Waals surface area contributed by atoms with Gasteiger partial charge in [-0.05, 0) is 67.1 Å². The molecule has 0 spiro atoms. The third kappa shape index (κ3) is 5.01. The minimum atomic E-state index is -0.490. The third-order valence-corrected chi connectivity index (χ3v) is 3.75. The molecule has 0 fully saturated rings. The van der Waals surface area contributed by atoms with E-state index in [-0.39, 0.29) is 6.61 Å². The molecule has 3 rings (SSSR count). The first kappa shape index (κ1) is 17.8. The summed E-state index contributed by atoms with van der Waals surface area (Å²) in [6.07, 6.45) is 0. The molecular weight excluding hydrogens is 352 g/mol. The van der Waals surface area contributed by atoms with Crippen LogP contribution in [0.1, 0.15) is 5.56 Å². The summed E-state index contributed by atoms with van der Waals surface area (Å²) < 4.78 is 16.4. The Morgan fingerprint density at radius 3 is 2.23 bits per heavy atom. The largest absolute Gasteiger partial charge is 0.482 e. The molecule has 0 unspecified atom stereocenters. The van der Waals surface area contributed by atoms with Gasteiger partial charge in [0, 0.05) is 5.02 Å². The van der Waals surface area contributed by atoms with E-state index < -0.39 is 5.97 Å². The average molecular weight is 369 g/mol. The van der Waals surface area contributed by atoms with Crippen molar-refractivity contribution in [2.24, 2.45) is 0 Å². The molecule has 26 heavy (non-hydrogen) atoms. The summed E-state index contributed by atoms with van der Waals surface area (Å²) in [5.41, 5.74) is 0.854. The Labute approximate surface area is 156 Å². The van der Waals surface area contributed by atoms with Crippen LogP contribution < -0.4 is 14.2 Å². The number of aryl methyl sites for hydroxylation is 1. The molecule has 3 aromatic rings. The zero-order valence-corrected chi connectivity index (χ0v) is 14.9. The van der Waals surface area contributed by atoms with E-state index in [1.807, 2.05) is 37.3 Å². The minimum Gasteiger partial charge on any atom is -0.482 e. The normalized spacial score (nSPS) is 10.2. The topological polar surface area (TPSA) is 44.8 Å². The molecule has 0 heterocycles. The zero-order valence-electron chi connectivity index (χ0n) is 14.1. The number of esters is 1. The van der Waals surface area contributed by atoms with E-state index in [2.05, 4.69) is 0 Å². The summed E-state index contributed by atoms with van der Waals surface area (Å²) in [6, 6.07) is 21.5. The van der Waals surface area contributed by atoms with Crippen LogP contribution in [0, 0.1) is 6.92 Å². The van der Waals surface area contributed by atoms with Crippen LogP contribution in [0.25, 0.3) is 0 Å². The lowest BCUT2D eigenvalue weighted by Crippen LogP contribution is -2.17. The highest BCUT2D eigenvalue weighted by Crippen LogP contribution is 2.24. The van der Waals surface area contributed by atoms with Crippen LogP contribution in [-0.4, -0.2) is 12.6 Å². The molecule has 0 bridgehead atoms. The van der Waals surface area contributed by atoms with Crippen molar-refractivity contribution in [1.29, 1.82) is 0 Å². The molecule has 4 nitrogen and oxygen atoms in total. The van der Waals surface area contributed by atoms with Crippen molar-refractivity contribution in [3.05, 3.63) is 83.4 Å². The number of benzene rings is 3. The maximum Gasteiger partial charge on any atom is 0.349 e. The predicted molar refractivity (Wildman–Crippen MR) is 100 cm³/mol. The maximum absolute atomic E-state index is 11.9. The van der Waals surface area contributed by atoms with E-state index in [0.29, 0.717) is 22.3 Å². The van der Waals surface area contributed by atoms with Crippen LogP contribution in [0.5, 0.6) is 23.0 Å². The number of hydrogen-bond donors (Lipinski definition) is 0. The fourth-order valence-electron chi connectivity index (χ4n) is 2.27. The molecule has 0 saturated heterocycles. The fraction of sp³-hybridized carbons (Fsp3) is 0.0952. The van der Waals surface area contributed by atoms with Crippen LogP contribution in [0.4, 0.5) is 0 Å². The number of halogens is 1. The van der Waals surface area contributed by atoms with E-state index in [9.17, 15) is 4.79 Å². The Morgan fingerprint density at radius 2 is 1.54 bits per heavy atom. The molecule has 0 N–H and O–H groups in total. The van der Waals surface area contributed by atoms with Crippen molar-refractivity contribution in [2.45, 2.75) is 6.92 Å². The van der Waals surface area contributed by atoms with Crippen molar-refractivity contribution in [2.75, 3.05) is 6.61 Å². The van der Waals surface area contributed by atoms with Gasteiger partial charge in [-0.15, -0.1) is 0 Å². The van der Waals surface area contributed by atoms with Crippen molar-refractivity contribution >= 4 is 17.6 Å². The van der Waals surface area contributed by atoms with Gasteiger partial charge in [-0.3, -0.25) is 0 Å². The van der Waals surface area contributed by atoms with E-state index in [4.69, 9.17) is 25.8 Å². The Hall–Kier alpha value is -2.98. The molecule has 0 aliphatic carbocycles. The second-order valence-corrected chi connectivity index (χ2v) is 6.00.